The normalized spacial score (nSPS) is 17.7. The van der Waals surface area contributed by atoms with Crippen molar-refractivity contribution in [1.29, 1.82) is 0 Å². The molecule has 6 nitrogen and oxygen atoms in total. The first-order valence-corrected chi connectivity index (χ1v) is 6.35. The number of carbonyl (C=O) groups excluding carboxylic acids is 1. The minimum Gasteiger partial charge on any atom is -0.479 e. The summed E-state index contributed by atoms with van der Waals surface area (Å²) in [6.07, 6.45) is 1.30. The Morgan fingerprint density at radius 1 is 1.47 bits per heavy atom. The number of rotatable bonds is 3. The Balaban J connectivity index is 2.45. The number of nitrogens with zero attached hydrogens (tertiary/aromatic N) is 1. The van der Waals surface area contributed by atoms with Crippen molar-refractivity contribution < 1.29 is 19.8 Å². The van der Waals surface area contributed by atoms with Gasteiger partial charge in [-0.05, 0) is 11.8 Å². The number of nitrogens with one attached hydrogen (secondary N) is 1. The van der Waals surface area contributed by atoms with E-state index in [4.69, 9.17) is 10.2 Å². The molecular formula is C13H22N2O4. The maximum absolute atomic E-state index is 11.8. The Bertz CT molecular complexity index is 385. The molecule has 0 aromatic carbocycles. The van der Waals surface area contributed by atoms with Crippen LogP contribution in [0.1, 0.15) is 27.2 Å². The molecule has 3 N–H and O–H groups in total. The minimum absolute atomic E-state index is 0.113. The van der Waals surface area contributed by atoms with Gasteiger partial charge in [0.05, 0.1) is 6.54 Å². The summed E-state index contributed by atoms with van der Waals surface area (Å²) in [5.41, 5.74) is 1.43. The maximum atomic E-state index is 11.8. The van der Waals surface area contributed by atoms with Gasteiger partial charge in [-0.25, -0.2) is 9.59 Å². The molecule has 0 aromatic rings. The third kappa shape index (κ3) is 4.55. The molecule has 2 amide bonds. The van der Waals surface area contributed by atoms with Crippen molar-refractivity contribution in [2.24, 2.45) is 5.41 Å². The van der Waals surface area contributed by atoms with Crippen LogP contribution < -0.4 is 5.32 Å². The molecule has 0 spiro atoms. The number of hydrogen-bond acceptors (Lipinski definition) is 3. The van der Waals surface area contributed by atoms with Gasteiger partial charge < -0.3 is 20.4 Å². The van der Waals surface area contributed by atoms with Gasteiger partial charge in [0.25, 0.3) is 0 Å². The lowest BCUT2D eigenvalue weighted by atomic mass is 9.83. The predicted molar refractivity (Wildman–Crippen MR) is 70.8 cm³/mol. The van der Waals surface area contributed by atoms with Crippen molar-refractivity contribution >= 4 is 12.0 Å². The number of aliphatic carboxylic acids is 1. The molecule has 1 atom stereocenters. The quantitative estimate of drug-likeness (QED) is 0.662. The van der Waals surface area contributed by atoms with Crippen LogP contribution in [-0.4, -0.2) is 52.9 Å². The smallest absolute Gasteiger partial charge is 0.334 e. The maximum Gasteiger partial charge on any atom is 0.334 e. The zero-order chi connectivity index (χ0) is 14.6. The summed E-state index contributed by atoms with van der Waals surface area (Å²) < 4.78 is 0. The van der Waals surface area contributed by atoms with Gasteiger partial charge in [-0.3, -0.25) is 0 Å². The second kappa shape index (κ2) is 6.06. The molecule has 0 aromatic heterocycles. The number of urea groups is 1. The van der Waals surface area contributed by atoms with Crippen LogP contribution in [-0.2, 0) is 4.79 Å². The third-order valence-electron chi connectivity index (χ3n) is 3.19. The van der Waals surface area contributed by atoms with Crippen LogP contribution in [0.5, 0.6) is 0 Å². The van der Waals surface area contributed by atoms with Gasteiger partial charge in [-0.1, -0.05) is 32.4 Å². The van der Waals surface area contributed by atoms with Crippen LogP contribution in [0.3, 0.4) is 0 Å². The number of aliphatic hydroxyl groups is 1. The van der Waals surface area contributed by atoms with Crippen LogP contribution in [0.15, 0.2) is 11.6 Å². The highest BCUT2D eigenvalue weighted by Gasteiger charge is 2.24. The Morgan fingerprint density at radius 3 is 2.53 bits per heavy atom. The van der Waals surface area contributed by atoms with Crippen LogP contribution in [0.2, 0.25) is 0 Å². The minimum atomic E-state index is -1.56. The first-order valence-electron chi connectivity index (χ1n) is 6.35. The fraction of sp³-hybridized carbons (Fsp3) is 0.692. The van der Waals surface area contributed by atoms with Crippen LogP contribution in [0.25, 0.3) is 0 Å². The standard InChI is InChI=1S/C13H22N2O4/c1-13(2,3)9-4-6-15(7-5-9)12(19)14-8-10(16)11(17)18/h4,10,16H,5-8H2,1-3H3,(H,14,19)(H,17,18)/t10-/m0/s1. The number of carbonyl (C=O) groups is 2. The Kier molecular flexibility index (Phi) is 4.94. The van der Waals surface area contributed by atoms with E-state index in [-0.39, 0.29) is 18.0 Å². The van der Waals surface area contributed by atoms with Crippen molar-refractivity contribution in [1.82, 2.24) is 10.2 Å². The van der Waals surface area contributed by atoms with E-state index < -0.39 is 12.1 Å². The molecule has 0 saturated heterocycles. The van der Waals surface area contributed by atoms with Crippen molar-refractivity contribution in [3.8, 4) is 0 Å². The summed E-state index contributed by atoms with van der Waals surface area (Å²) >= 11 is 0. The molecule has 1 heterocycles. The predicted octanol–water partition coefficient (Wildman–Crippen LogP) is 0.820. The van der Waals surface area contributed by atoms with Gasteiger partial charge >= 0.3 is 12.0 Å². The number of carboxylic acid groups (broad SMARTS) is 1. The van der Waals surface area contributed by atoms with Crippen LogP contribution in [0, 0.1) is 5.41 Å². The van der Waals surface area contributed by atoms with Crippen LogP contribution >= 0.6 is 0 Å². The summed E-state index contributed by atoms with van der Waals surface area (Å²) in [6, 6.07) is -0.343. The molecular weight excluding hydrogens is 248 g/mol. The topological polar surface area (TPSA) is 89.9 Å². The highest BCUT2D eigenvalue weighted by atomic mass is 16.4. The zero-order valence-electron chi connectivity index (χ0n) is 11.6. The Hall–Kier alpha value is -1.56. The third-order valence-corrected chi connectivity index (χ3v) is 3.19. The molecule has 0 saturated carbocycles. The van der Waals surface area contributed by atoms with Crippen LogP contribution in [0.4, 0.5) is 4.79 Å². The lowest BCUT2D eigenvalue weighted by Crippen LogP contribution is -2.46. The first-order chi connectivity index (χ1) is 8.71. The lowest BCUT2D eigenvalue weighted by Gasteiger charge is -2.32. The van der Waals surface area contributed by atoms with Gasteiger partial charge in [0.2, 0.25) is 0 Å². The average Bonchev–Trinajstić information content (AvgIpc) is 2.34. The van der Waals surface area contributed by atoms with E-state index in [1.165, 1.54) is 5.57 Å². The van der Waals surface area contributed by atoms with Crippen molar-refractivity contribution in [3.63, 3.8) is 0 Å². The van der Waals surface area contributed by atoms with E-state index in [0.29, 0.717) is 13.1 Å². The highest BCUT2D eigenvalue weighted by Crippen LogP contribution is 2.29. The molecule has 0 aliphatic carbocycles. The number of aliphatic hydroxyl groups excluding tert-OH is 1. The van der Waals surface area contributed by atoms with E-state index in [9.17, 15) is 9.59 Å². The van der Waals surface area contributed by atoms with Crippen molar-refractivity contribution in [2.75, 3.05) is 19.6 Å². The zero-order valence-corrected chi connectivity index (χ0v) is 11.6. The SMILES string of the molecule is CC(C)(C)C1=CCN(C(=O)NC[C@H](O)C(=O)O)CC1. The second-order valence-electron chi connectivity index (χ2n) is 5.72. The van der Waals surface area contributed by atoms with E-state index in [2.05, 4.69) is 26.1 Å². The number of carboxylic acids is 1. The van der Waals surface area contributed by atoms with Crippen molar-refractivity contribution in [3.05, 3.63) is 11.6 Å². The summed E-state index contributed by atoms with van der Waals surface area (Å²) in [6.45, 7) is 7.26. The fourth-order valence-electron chi connectivity index (χ4n) is 1.92. The molecule has 19 heavy (non-hydrogen) atoms. The van der Waals surface area contributed by atoms with Gasteiger partial charge in [0.1, 0.15) is 0 Å². The number of hydrogen-bond donors (Lipinski definition) is 3. The second-order valence-corrected chi connectivity index (χ2v) is 5.72. The Morgan fingerprint density at radius 2 is 2.11 bits per heavy atom. The van der Waals surface area contributed by atoms with Gasteiger partial charge in [0.15, 0.2) is 6.10 Å². The summed E-state index contributed by atoms with van der Waals surface area (Å²) in [7, 11) is 0. The van der Waals surface area contributed by atoms with Gasteiger partial charge in [-0.15, -0.1) is 0 Å². The summed E-state index contributed by atoms with van der Waals surface area (Å²) in [5.74, 6) is -1.34. The number of amides is 2. The van der Waals surface area contributed by atoms with Gasteiger partial charge in [-0.2, -0.15) is 0 Å². The molecule has 1 aliphatic rings. The molecule has 108 valence electrons. The van der Waals surface area contributed by atoms with E-state index in [1.54, 1.807) is 4.90 Å². The monoisotopic (exact) mass is 270 g/mol. The molecule has 0 radical (unpaired) electrons. The van der Waals surface area contributed by atoms with E-state index in [1.807, 2.05) is 6.08 Å². The fourth-order valence-corrected chi connectivity index (χ4v) is 1.92. The molecule has 0 fully saturated rings. The first kappa shape index (κ1) is 15.5. The van der Waals surface area contributed by atoms with E-state index >= 15 is 0 Å². The summed E-state index contributed by atoms with van der Waals surface area (Å²) in [5, 5.41) is 20.0. The summed E-state index contributed by atoms with van der Waals surface area (Å²) in [4.78, 5) is 23.8. The van der Waals surface area contributed by atoms with Gasteiger partial charge in [0, 0.05) is 13.1 Å². The Labute approximate surface area is 113 Å². The molecule has 0 bridgehead atoms. The molecule has 6 heteroatoms. The lowest BCUT2D eigenvalue weighted by molar-refractivity contribution is -0.146. The van der Waals surface area contributed by atoms with Crippen molar-refractivity contribution in [2.45, 2.75) is 33.3 Å². The average molecular weight is 270 g/mol. The molecule has 0 unspecified atom stereocenters. The highest BCUT2D eigenvalue weighted by molar-refractivity contribution is 5.77. The van der Waals surface area contributed by atoms with E-state index in [0.717, 1.165) is 6.42 Å². The molecule has 1 aliphatic heterocycles. The molecule has 1 rings (SSSR count). The largest absolute Gasteiger partial charge is 0.479 e.